The van der Waals surface area contributed by atoms with Crippen LogP contribution in [0, 0.1) is 11.8 Å². The van der Waals surface area contributed by atoms with Crippen LogP contribution in [0.25, 0.3) is 0 Å². The van der Waals surface area contributed by atoms with Gasteiger partial charge in [0.2, 0.25) is 0 Å². The minimum absolute atomic E-state index is 0.0282. The molecule has 0 saturated heterocycles. The first kappa shape index (κ1) is 20.7. The van der Waals surface area contributed by atoms with Crippen molar-refractivity contribution in [1.82, 2.24) is 5.32 Å². The third-order valence-electron chi connectivity index (χ3n) is 4.79. The lowest BCUT2D eigenvalue weighted by atomic mass is 9.94. The van der Waals surface area contributed by atoms with Gasteiger partial charge in [0, 0.05) is 6.04 Å². The highest BCUT2D eigenvalue weighted by Crippen LogP contribution is 2.17. The molecule has 4 atom stereocenters. The molecule has 0 fully saturated rings. The van der Waals surface area contributed by atoms with E-state index in [2.05, 4.69) is 38.2 Å². The second-order valence-electron chi connectivity index (χ2n) is 7.06. The van der Waals surface area contributed by atoms with Crippen LogP contribution in [-0.4, -0.2) is 29.4 Å². The van der Waals surface area contributed by atoms with Gasteiger partial charge in [0.25, 0.3) is 0 Å². The third-order valence-corrected chi connectivity index (χ3v) is 4.79. The highest BCUT2D eigenvalue weighted by atomic mass is 16.3. The number of rotatable bonds is 11. The first-order valence-electron chi connectivity index (χ1n) is 9.26. The Bertz CT molecular complexity index is 469. The summed E-state index contributed by atoms with van der Waals surface area (Å²) in [7, 11) is 1.89. The van der Waals surface area contributed by atoms with Gasteiger partial charge in [-0.25, -0.2) is 0 Å². The van der Waals surface area contributed by atoms with Crippen LogP contribution in [0.3, 0.4) is 0 Å². The Morgan fingerprint density at radius 3 is 2.42 bits per heavy atom. The maximum atomic E-state index is 10.4. The summed E-state index contributed by atoms with van der Waals surface area (Å²) in [6, 6.07) is 7.22. The van der Waals surface area contributed by atoms with Crippen molar-refractivity contribution in [2.75, 3.05) is 7.05 Å². The number of likely N-dealkylation sites (N-methyl/N-ethyl adjacent to an activating group) is 1. The number of aromatic hydroxyl groups is 1. The molecule has 136 valence electrons. The molecule has 1 rings (SSSR count). The average molecular weight is 334 g/mol. The smallest absolute Gasteiger partial charge is 0.115 e. The molecular weight excluding hydrogens is 298 g/mol. The van der Waals surface area contributed by atoms with Gasteiger partial charge in [0.1, 0.15) is 5.75 Å². The minimum Gasteiger partial charge on any atom is -0.508 e. The topological polar surface area (TPSA) is 52.5 Å². The SMILES string of the molecule is CC[C@H](C)C[C@@H](C)/C=C/CC[C@@H](O)[C@@H](Cc1ccc(O)cc1)NC. The van der Waals surface area contributed by atoms with Crippen molar-refractivity contribution in [3.05, 3.63) is 42.0 Å². The van der Waals surface area contributed by atoms with Crippen LogP contribution in [0.15, 0.2) is 36.4 Å². The molecule has 1 aromatic rings. The predicted molar refractivity (Wildman–Crippen MR) is 102 cm³/mol. The fraction of sp³-hybridized carbons (Fsp3) is 0.619. The van der Waals surface area contributed by atoms with Crippen LogP contribution in [-0.2, 0) is 6.42 Å². The number of aliphatic hydroxyl groups excluding tert-OH is 1. The van der Waals surface area contributed by atoms with Crippen molar-refractivity contribution >= 4 is 0 Å². The molecule has 0 aliphatic heterocycles. The molecule has 0 unspecified atom stereocenters. The molecule has 0 saturated carbocycles. The maximum Gasteiger partial charge on any atom is 0.115 e. The summed E-state index contributed by atoms with van der Waals surface area (Å²) in [5.41, 5.74) is 1.11. The second kappa shape index (κ2) is 11.3. The molecule has 0 aliphatic carbocycles. The lowest BCUT2D eigenvalue weighted by Gasteiger charge is -2.22. The van der Waals surface area contributed by atoms with Crippen molar-refractivity contribution < 1.29 is 10.2 Å². The third kappa shape index (κ3) is 7.98. The summed E-state index contributed by atoms with van der Waals surface area (Å²) < 4.78 is 0. The van der Waals surface area contributed by atoms with Gasteiger partial charge in [-0.2, -0.15) is 0 Å². The molecule has 3 N–H and O–H groups in total. The monoisotopic (exact) mass is 333 g/mol. The molecule has 0 amide bonds. The van der Waals surface area contributed by atoms with Crippen molar-refractivity contribution in [3.8, 4) is 5.75 Å². The highest BCUT2D eigenvalue weighted by Gasteiger charge is 2.17. The molecule has 0 aliphatic rings. The zero-order chi connectivity index (χ0) is 17.9. The Kier molecular flexibility index (Phi) is 9.73. The van der Waals surface area contributed by atoms with E-state index in [1.54, 1.807) is 12.1 Å². The molecule has 0 radical (unpaired) electrons. The Labute approximate surface area is 147 Å². The summed E-state index contributed by atoms with van der Waals surface area (Å²) in [5.74, 6) is 1.65. The molecule has 3 heteroatoms. The van der Waals surface area contributed by atoms with E-state index in [-0.39, 0.29) is 17.9 Å². The van der Waals surface area contributed by atoms with E-state index in [4.69, 9.17) is 0 Å². The molecule has 0 bridgehead atoms. The number of hydrogen-bond donors (Lipinski definition) is 3. The molecule has 0 spiro atoms. The van der Waals surface area contributed by atoms with Gasteiger partial charge in [-0.1, -0.05) is 51.5 Å². The van der Waals surface area contributed by atoms with Gasteiger partial charge in [0.15, 0.2) is 0 Å². The van der Waals surface area contributed by atoms with Crippen molar-refractivity contribution in [3.63, 3.8) is 0 Å². The van der Waals surface area contributed by atoms with Crippen LogP contribution in [0.1, 0.15) is 52.0 Å². The first-order chi connectivity index (χ1) is 11.5. The van der Waals surface area contributed by atoms with Crippen LogP contribution < -0.4 is 5.32 Å². The number of aliphatic hydroxyl groups is 1. The Morgan fingerprint density at radius 1 is 1.17 bits per heavy atom. The van der Waals surface area contributed by atoms with E-state index in [1.165, 1.54) is 12.8 Å². The summed E-state index contributed by atoms with van der Waals surface area (Å²) >= 11 is 0. The highest BCUT2D eigenvalue weighted by molar-refractivity contribution is 5.26. The van der Waals surface area contributed by atoms with Gasteiger partial charge in [-0.05, 0) is 62.3 Å². The minimum atomic E-state index is -0.377. The van der Waals surface area contributed by atoms with Crippen molar-refractivity contribution in [2.45, 2.75) is 65.0 Å². The predicted octanol–water partition coefficient (Wildman–Crippen LogP) is 4.29. The molecule has 1 aromatic carbocycles. The number of benzene rings is 1. The molecule has 3 nitrogen and oxygen atoms in total. The van der Waals surface area contributed by atoms with E-state index in [1.807, 2.05) is 19.2 Å². The standard InChI is InChI=1S/C21H35NO2/c1-5-16(2)14-17(3)8-6-7-9-21(24)20(22-4)15-18-10-12-19(23)13-11-18/h6,8,10-13,16-17,20-24H,5,7,9,14-15H2,1-4H3/b8-6+/t16-,17-,20+,21+/m0/s1. The van der Waals surface area contributed by atoms with Gasteiger partial charge in [-0.15, -0.1) is 0 Å². The van der Waals surface area contributed by atoms with Gasteiger partial charge >= 0.3 is 0 Å². The Hall–Kier alpha value is -1.32. The Balaban J connectivity index is 2.38. The lowest BCUT2D eigenvalue weighted by molar-refractivity contribution is 0.122. The van der Waals surface area contributed by atoms with E-state index in [0.29, 0.717) is 5.92 Å². The van der Waals surface area contributed by atoms with Crippen LogP contribution in [0.2, 0.25) is 0 Å². The molecular formula is C21H35NO2. The number of phenolic OH excluding ortho intramolecular Hbond substituents is 1. The van der Waals surface area contributed by atoms with E-state index >= 15 is 0 Å². The van der Waals surface area contributed by atoms with Gasteiger partial charge in [0.05, 0.1) is 6.10 Å². The van der Waals surface area contributed by atoms with Crippen molar-refractivity contribution in [1.29, 1.82) is 0 Å². The van der Waals surface area contributed by atoms with Crippen LogP contribution >= 0.6 is 0 Å². The van der Waals surface area contributed by atoms with E-state index in [9.17, 15) is 10.2 Å². The van der Waals surface area contributed by atoms with Crippen LogP contribution in [0.4, 0.5) is 0 Å². The first-order valence-corrected chi connectivity index (χ1v) is 9.26. The fourth-order valence-corrected chi connectivity index (χ4v) is 2.99. The fourth-order valence-electron chi connectivity index (χ4n) is 2.99. The quantitative estimate of drug-likeness (QED) is 0.529. The average Bonchev–Trinajstić information content (AvgIpc) is 2.57. The zero-order valence-electron chi connectivity index (χ0n) is 15.7. The number of hydrogen-bond acceptors (Lipinski definition) is 3. The maximum absolute atomic E-state index is 10.4. The summed E-state index contributed by atoms with van der Waals surface area (Å²) in [6.07, 6.45) is 9.00. The largest absolute Gasteiger partial charge is 0.508 e. The van der Waals surface area contributed by atoms with Crippen molar-refractivity contribution in [2.24, 2.45) is 11.8 Å². The normalized spacial score (nSPS) is 16.9. The summed E-state index contributed by atoms with van der Waals surface area (Å²) in [5, 5.41) is 23.0. The second-order valence-corrected chi connectivity index (χ2v) is 7.06. The van der Waals surface area contributed by atoms with E-state index in [0.717, 1.165) is 30.7 Å². The van der Waals surface area contributed by atoms with Gasteiger partial charge < -0.3 is 15.5 Å². The number of nitrogens with one attached hydrogen (secondary N) is 1. The molecule has 0 aromatic heterocycles. The lowest BCUT2D eigenvalue weighted by Crippen LogP contribution is -2.39. The molecule has 24 heavy (non-hydrogen) atoms. The van der Waals surface area contributed by atoms with E-state index < -0.39 is 0 Å². The van der Waals surface area contributed by atoms with Crippen LogP contribution in [0.5, 0.6) is 5.75 Å². The summed E-state index contributed by atoms with van der Waals surface area (Å²) in [6.45, 7) is 6.80. The number of allylic oxidation sites excluding steroid dienone is 2. The molecule has 0 heterocycles. The summed E-state index contributed by atoms with van der Waals surface area (Å²) in [4.78, 5) is 0. The van der Waals surface area contributed by atoms with Gasteiger partial charge in [-0.3, -0.25) is 0 Å². The zero-order valence-corrected chi connectivity index (χ0v) is 15.7. The number of phenols is 1. The Morgan fingerprint density at radius 2 is 1.83 bits per heavy atom.